The molecule has 128 valence electrons. The van der Waals surface area contributed by atoms with E-state index >= 15 is 0 Å². The molecule has 4 aromatic carbocycles. The lowest BCUT2D eigenvalue weighted by atomic mass is 10.0. The van der Waals surface area contributed by atoms with Gasteiger partial charge in [0.1, 0.15) is 0 Å². The van der Waals surface area contributed by atoms with Gasteiger partial charge < -0.3 is 4.57 Å². The summed E-state index contributed by atoms with van der Waals surface area (Å²) in [7, 11) is 0. The maximum Gasteiger partial charge on any atom is 0.0541 e. The molecule has 0 N–H and O–H groups in total. The van der Waals surface area contributed by atoms with Crippen molar-refractivity contribution in [1.29, 1.82) is 0 Å². The zero-order valence-corrected chi connectivity index (χ0v) is 15.0. The zero-order valence-electron chi connectivity index (χ0n) is 15.0. The van der Waals surface area contributed by atoms with Crippen molar-refractivity contribution >= 4 is 27.9 Å². The van der Waals surface area contributed by atoms with Crippen LogP contribution in [-0.4, -0.2) is 4.57 Å². The lowest BCUT2D eigenvalue weighted by molar-refractivity contribution is 1.18. The molecule has 0 amide bonds. The van der Waals surface area contributed by atoms with Crippen molar-refractivity contribution in [3.63, 3.8) is 0 Å². The maximum absolute atomic E-state index is 3.84. The van der Waals surface area contributed by atoms with Gasteiger partial charge in [-0.05, 0) is 47.0 Å². The fourth-order valence-electron chi connectivity index (χ4n) is 3.82. The summed E-state index contributed by atoms with van der Waals surface area (Å²) in [6.45, 7) is 3.84. The fraction of sp³-hybridized carbons (Fsp3) is 0. The highest BCUT2D eigenvalue weighted by atomic mass is 15.0. The molecule has 1 nitrogen and oxygen atoms in total. The van der Waals surface area contributed by atoms with E-state index in [-0.39, 0.29) is 0 Å². The summed E-state index contributed by atoms with van der Waals surface area (Å²) >= 11 is 0. The van der Waals surface area contributed by atoms with Crippen LogP contribution in [0, 0.1) is 0 Å². The van der Waals surface area contributed by atoms with Gasteiger partial charge in [-0.2, -0.15) is 0 Å². The van der Waals surface area contributed by atoms with Gasteiger partial charge in [0, 0.05) is 16.5 Å². The molecule has 0 saturated carbocycles. The first-order chi connectivity index (χ1) is 13.3. The SMILES string of the molecule is C=Cc1ccc(-c2ccc3c(c2)c2ccccc2n3-c2ccccc2)cc1. The monoisotopic (exact) mass is 345 g/mol. The van der Waals surface area contributed by atoms with Crippen LogP contribution in [0.1, 0.15) is 5.56 Å². The number of rotatable bonds is 3. The Morgan fingerprint density at radius 2 is 1.26 bits per heavy atom. The molecule has 0 unspecified atom stereocenters. The van der Waals surface area contributed by atoms with Crippen molar-refractivity contribution in [1.82, 2.24) is 4.57 Å². The number of fused-ring (bicyclic) bond motifs is 3. The van der Waals surface area contributed by atoms with E-state index in [4.69, 9.17) is 0 Å². The number of para-hydroxylation sites is 2. The minimum Gasteiger partial charge on any atom is -0.309 e. The molecule has 0 saturated heterocycles. The highest BCUT2D eigenvalue weighted by molar-refractivity contribution is 6.10. The first-order valence-corrected chi connectivity index (χ1v) is 9.17. The van der Waals surface area contributed by atoms with Crippen molar-refractivity contribution in [2.24, 2.45) is 0 Å². The molecule has 0 spiro atoms. The van der Waals surface area contributed by atoms with E-state index in [0.29, 0.717) is 0 Å². The summed E-state index contributed by atoms with van der Waals surface area (Å²) in [5.74, 6) is 0. The van der Waals surface area contributed by atoms with Gasteiger partial charge in [-0.15, -0.1) is 0 Å². The van der Waals surface area contributed by atoms with Crippen molar-refractivity contribution in [2.75, 3.05) is 0 Å². The summed E-state index contributed by atoms with van der Waals surface area (Å²) < 4.78 is 2.34. The molecule has 1 heteroatoms. The van der Waals surface area contributed by atoms with Crippen LogP contribution in [0.5, 0.6) is 0 Å². The molecule has 0 bridgehead atoms. The highest BCUT2D eigenvalue weighted by Crippen LogP contribution is 2.34. The number of nitrogens with zero attached hydrogens (tertiary/aromatic N) is 1. The summed E-state index contributed by atoms with van der Waals surface area (Å²) in [5.41, 5.74) is 7.24. The van der Waals surface area contributed by atoms with Crippen LogP contribution in [0.2, 0.25) is 0 Å². The van der Waals surface area contributed by atoms with Crippen LogP contribution in [0.25, 0.3) is 44.7 Å². The van der Waals surface area contributed by atoms with Crippen molar-refractivity contribution < 1.29 is 0 Å². The predicted molar refractivity (Wildman–Crippen MR) is 116 cm³/mol. The van der Waals surface area contributed by atoms with Crippen LogP contribution in [-0.2, 0) is 0 Å². The normalized spacial score (nSPS) is 11.1. The Morgan fingerprint density at radius 3 is 2.04 bits per heavy atom. The van der Waals surface area contributed by atoms with E-state index < -0.39 is 0 Å². The number of aromatic nitrogens is 1. The second-order valence-electron chi connectivity index (χ2n) is 6.75. The molecular formula is C26H19N. The lowest BCUT2D eigenvalue weighted by Gasteiger charge is -2.08. The summed E-state index contributed by atoms with van der Waals surface area (Å²) in [6, 6.07) is 34.5. The molecule has 0 aliphatic heterocycles. The third kappa shape index (κ3) is 2.56. The second kappa shape index (κ2) is 6.30. The third-order valence-corrected chi connectivity index (χ3v) is 5.17. The van der Waals surface area contributed by atoms with Gasteiger partial charge >= 0.3 is 0 Å². The molecule has 0 fully saturated rings. The van der Waals surface area contributed by atoms with Gasteiger partial charge in [-0.3, -0.25) is 0 Å². The van der Waals surface area contributed by atoms with Crippen LogP contribution < -0.4 is 0 Å². The average Bonchev–Trinajstić information content (AvgIpc) is 3.08. The summed E-state index contributed by atoms with van der Waals surface area (Å²) in [5, 5.41) is 2.56. The standard InChI is InChI=1S/C26H19N/c1-2-19-12-14-20(15-13-19)21-16-17-26-24(18-21)23-10-6-7-11-25(23)27(26)22-8-4-3-5-9-22/h2-18H,1H2. The minimum atomic E-state index is 1.14. The molecule has 0 aliphatic rings. The Balaban J connectivity index is 1.78. The Hall–Kier alpha value is -3.58. The number of hydrogen-bond acceptors (Lipinski definition) is 0. The molecule has 0 radical (unpaired) electrons. The van der Waals surface area contributed by atoms with Crippen LogP contribution in [0.4, 0.5) is 0 Å². The van der Waals surface area contributed by atoms with E-state index in [1.165, 1.54) is 38.6 Å². The molecule has 0 atom stereocenters. The summed E-state index contributed by atoms with van der Waals surface area (Å²) in [6.07, 6.45) is 1.88. The molecule has 27 heavy (non-hydrogen) atoms. The number of hydrogen-bond donors (Lipinski definition) is 0. The smallest absolute Gasteiger partial charge is 0.0541 e. The molecule has 1 heterocycles. The van der Waals surface area contributed by atoms with Gasteiger partial charge in [0.2, 0.25) is 0 Å². The molecule has 1 aromatic heterocycles. The Kier molecular flexibility index (Phi) is 3.65. The molecule has 0 aliphatic carbocycles. The Morgan fingerprint density at radius 1 is 0.593 bits per heavy atom. The van der Waals surface area contributed by atoms with E-state index in [1.54, 1.807) is 0 Å². The van der Waals surface area contributed by atoms with Crippen molar-refractivity contribution in [3.05, 3.63) is 109 Å². The van der Waals surface area contributed by atoms with Gasteiger partial charge in [-0.25, -0.2) is 0 Å². The highest BCUT2D eigenvalue weighted by Gasteiger charge is 2.12. The molecular weight excluding hydrogens is 326 g/mol. The molecule has 5 aromatic rings. The largest absolute Gasteiger partial charge is 0.309 e. The average molecular weight is 345 g/mol. The van der Waals surface area contributed by atoms with E-state index in [0.717, 1.165) is 5.56 Å². The third-order valence-electron chi connectivity index (χ3n) is 5.17. The van der Waals surface area contributed by atoms with Crippen LogP contribution in [0.3, 0.4) is 0 Å². The van der Waals surface area contributed by atoms with Crippen LogP contribution >= 0.6 is 0 Å². The zero-order chi connectivity index (χ0) is 18.2. The quantitative estimate of drug-likeness (QED) is 0.329. The summed E-state index contributed by atoms with van der Waals surface area (Å²) in [4.78, 5) is 0. The first kappa shape index (κ1) is 15.7. The van der Waals surface area contributed by atoms with Gasteiger partial charge in [0.25, 0.3) is 0 Å². The van der Waals surface area contributed by atoms with Crippen molar-refractivity contribution in [2.45, 2.75) is 0 Å². The fourth-order valence-corrected chi connectivity index (χ4v) is 3.82. The van der Waals surface area contributed by atoms with Gasteiger partial charge in [0.05, 0.1) is 11.0 Å². The van der Waals surface area contributed by atoms with E-state index in [2.05, 4.69) is 108 Å². The van der Waals surface area contributed by atoms with Crippen molar-refractivity contribution in [3.8, 4) is 16.8 Å². The first-order valence-electron chi connectivity index (χ1n) is 9.17. The van der Waals surface area contributed by atoms with Gasteiger partial charge in [0.15, 0.2) is 0 Å². The second-order valence-corrected chi connectivity index (χ2v) is 6.75. The maximum atomic E-state index is 3.84. The predicted octanol–water partition coefficient (Wildman–Crippen LogP) is 7.09. The number of benzene rings is 4. The minimum absolute atomic E-state index is 1.14. The lowest BCUT2D eigenvalue weighted by Crippen LogP contribution is -1.92. The van der Waals surface area contributed by atoms with Crippen LogP contribution in [0.15, 0.2) is 104 Å². The Labute approximate surface area is 158 Å². The Bertz CT molecular complexity index is 1260. The van der Waals surface area contributed by atoms with E-state index in [1.807, 2.05) is 6.08 Å². The van der Waals surface area contributed by atoms with E-state index in [9.17, 15) is 0 Å². The molecule has 5 rings (SSSR count). The van der Waals surface area contributed by atoms with Gasteiger partial charge in [-0.1, -0.05) is 79.4 Å². The topological polar surface area (TPSA) is 4.93 Å².